The summed E-state index contributed by atoms with van der Waals surface area (Å²) in [6.07, 6.45) is 0. The highest BCUT2D eigenvalue weighted by Gasteiger charge is 2.26. The van der Waals surface area contributed by atoms with E-state index < -0.39 is 10.0 Å². The highest BCUT2D eigenvalue weighted by atomic mass is 32.2. The van der Waals surface area contributed by atoms with E-state index in [2.05, 4.69) is 5.32 Å². The summed E-state index contributed by atoms with van der Waals surface area (Å²) in [4.78, 5) is 14.0. The van der Waals surface area contributed by atoms with Crippen LogP contribution in [0.2, 0.25) is 0 Å². The fraction of sp³-hybridized carbons (Fsp3) is 0.316. The molecule has 2 aromatic rings. The quantitative estimate of drug-likeness (QED) is 0.814. The van der Waals surface area contributed by atoms with Gasteiger partial charge >= 0.3 is 0 Å². The zero-order valence-electron chi connectivity index (χ0n) is 14.8. The van der Waals surface area contributed by atoms with Crippen molar-refractivity contribution in [2.45, 2.75) is 0 Å². The van der Waals surface area contributed by atoms with Crippen molar-refractivity contribution in [1.82, 2.24) is 9.62 Å². The minimum atomic E-state index is -3.44. The topological polar surface area (TPSA) is 69.7 Å². The molecule has 0 unspecified atom stereocenters. The minimum absolute atomic E-state index is 0.0637. The normalized spacial score (nSPS) is 15.5. The van der Waals surface area contributed by atoms with Gasteiger partial charge < -0.3 is 10.2 Å². The second-order valence-corrected chi connectivity index (χ2v) is 8.39. The molecule has 0 bridgehead atoms. The Balaban J connectivity index is 1.48. The summed E-state index contributed by atoms with van der Waals surface area (Å²) in [5.74, 6) is -0.716. The summed E-state index contributed by atoms with van der Waals surface area (Å²) in [6.45, 7) is 1.88. The zero-order chi connectivity index (χ0) is 19.3. The molecule has 0 aromatic heterocycles. The molecular weight excluding hydrogens is 369 g/mol. The lowest BCUT2D eigenvalue weighted by Crippen LogP contribution is -2.50. The van der Waals surface area contributed by atoms with Crippen molar-refractivity contribution in [3.63, 3.8) is 0 Å². The second kappa shape index (κ2) is 8.49. The Morgan fingerprint density at radius 1 is 0.963 bits per heavy atom. The summed E-state index contributed by atoms with van der Waals surface area (Å²) < 4.78 is 39.5. The lowest BCUT2D eigenvalue weighted by molar-refractivity contribution is 0.0956. The number of carbonyl (C=O) groups excluding carboxylic acids is 1. The molecule has 1 aliphatic heterocycles. The lowest BCUT2D eigenvalue weighted by Gasteiger charge is -2.35. The summed E-state index contributed by atoms with van der Waals surface area (Å²) in [7, 11) is -3.44. The van der Waals surface area contributed by atoms with E-state index in [1.165, 1.54) is 16.4 Å². The molecule has 0 spiro atoms. The molecular formula is C19H22FN3O3S. The molecule has 1 heterocycles. The molecule has 8 heteroatoms. The average molecular weight is 391 g/mol. The Hall–Kier alpha value is -2.45. The first kappa shape index (κ1) is 19.3. The van der Waals surface area contributed by atoms with Crippen molar-refractivity contribution in [2.75, 3.05) is 43.4 Å². The maximum Gasteiger partial charge on any atom is 0.251 e. The van der Waals surface area contributed by atoms with Crippen molar-refractivity contribution in [1.29, 1.82) is 0 Å². The van der Waals surface area contributed by atoms with Crippen LogP contribution in [-0.2, 0) is 10.0 Å². The maximum atomic E-state index is 13.0. The van der Waals surface area contributed by atoms with Gasteiger partial charge in [-0.3, -0.25) is 4.79 Å². The summed E-state index contributed by atoms with van der Waals surface area (Å²) in [5, 5.41) is 2.64. The van der Waals surface area contributed by atoms with Crippen molar-refractivity contribution >= 4 is 21.6 Å². The molecule has 1 aliphatic rings. The van der Waals surface area contributed by atoms with E-state index in [0.29, 0.717) is 31.7 Å². The van der Waals surface area contributed by atoms with E-state index in [4.69, 9.17) is 0 Å². The Labute approximate surface area is 158 Å². The van der Waals surface area contributed by atoms with Gasteiger partial charge in [0, 0.05) is 44.0 Å². The van der Waals surface area contributed by atoms with Gasteiger partial charge in [0.1, 0.15) is 5.82 Å². The highest BCUT2D eigenvalue weighted by Crippen LogP contribution is 2.18. The number of halogens is 1. The molecule has 144 valence electrons. The van der Waals surface area contributed by atoms with Gasteiger partial charge in [-0.05, 0) is 36.4 Å². The Morgan fingerprint density at radius 3 is 2.22 bits per heavy atom. The van der Waals surface area contributed by atoms with Gasteiger partial charge in [-0.25, -0.2) is 12.8 Å². The molecule has 1 amide bonds. The predicted molar refractivity (Wildman–Crippen MR) is 103 cm³/mol. The molecule has 6 nitrogen and oxygen atoms in total. The molecule has 0 aliphatic carbocycles. The van der Waals surface area contributed by atoms with Gasteiger partial charge in [0.25, 0.3) is 5.91 Å². The first-order valence-corrected chi connectivity index (χ1v) is 10.4. The number of hydrogen-bond donors (Lipinski definition) is 1. The van der Waals surface area contributed by atoms with Crippen LogP contribution < -0.4 is 10.2 Å². The van der Waals surface area contributed by atoms with Crippen LogP contribution in [0.15, 0.2) is 54.6 Å². The van der Waals surface area contributed by atoms with Gasteiger partial charge in [-0.1, -0.05) is 18.2 Å². The second-order valence-electron chi connectivity index (χ2n) is 6.30. The van der Waals surface area contributed by atoms with Gasteiger partial charge in [0.2, 0.25) is 10.0 Å². The maximum absolute atomic E-state index is 13.0. The Kier molecular flexibility index (Phi) is 6.08. The van der Waals surface area contributed by atoms with E-state index in [-0.39, 0.29) is 24.0 Å². The van der Waals surface area contributed by atoms with Crippen LogP contribution in [0.5, 0.6) is 0 Å². The number of carbonyl (C=O) groups is 1. The fourth-order valence-corrected chi connectivity index (χ4v) is 4.33. The van der Waals surface area contributed by atoms with E-state index >= 15 is 0 Å². The number of rotatable bonds is 6. The number of benzene rings is 2. The highest BCUT2D eigenvalue weighted by molar-refractivity contribution is 7.89. The van der Waals surface area contributed by atoms with Crippen molar-refractivity contribution in [3.05, 3.63) is 66.0 Å². The molecule has 3 rings (SSSR count). The van der Waals surface area contributed by atoms with Crippen LogP contribution in [0.4, 0.5) is 10.1 Å². The molecule has 1 N–H and O–H groups in total. The average Bonchev–Trinajstić information content (AvgIpc) is 2.69. The van der Waals surface area contributed by atoms with Gasteiger partial charge in [0.15, 0.2) is 0 Å². The number of anilines is 1. The molecule has 1 fully saturated rings. The molecule has 0 atom stereocenters. The monoisotopic (exact) mass is 391 g/mol. The van der Waals surface area contributed by atoms with Crippen molar-refractivity contribution in [2.24, 2.45) is 0 Å². The summed E-state index contributed by atoms with van der Waals surface area (Å²) >= 11 is 0. The minimum Gasteiger partial charge on any atom is -0.369 e. The van der Waals surface area contributed by atoms with Gasteiger partial charge in [-0.15, -0.1) is 0 Å². The largest absolute Gasteiger partial charge is 0.369 e. The van der Waals surface area contributed by atoms with Gasteiger partial charge in [-0.2, -0.15) is 4.31 Å². The van der Waals surface area contributed by atoms with E-state index in [1.54, 1.807) is 36.4 Å². The first-order chi connectivity index (χ1) is 13.0. The van der Waals surface area contributed by atoms with Gasteiger partial charge in [0.05, 0.1) is 5.75 Å². The smallest absolute Gasteiger partial charge is 0.251 e. The van der Waals surface area contributed by atoms with E-state index in [9.17, 15) is 17.6 Å². The molecule has 0 radical (unpaired) electrons. The first-order valence-electron chi connectivity index (χ1n) is 8.77. The predicted octanol–water partition coefficient (Wildman–Crippen LogP) is 1.71. The van der Waals surface area contributed by atoms with Crippen LogP contribution >= 0.6 is 0 Å². The number of nitrogens with one attached hydrogen (secondary N) is 1. The van der Waals surface area contributed by atoms with Crippen LogP contribution in [0.3, 0.4) is 0 Å². The third-order valence-corrected chi connectivity index (χ3v) is 6.38. The van der Waals surface area contributed by atoms with E-state index in [1.807, 2.05) is 11.0 Å². The Bertz CT molecular complexity index is 865. The number of hydrogen-bond acceptors (Lipinski definition) is 4. The Morgan fingerprint density at radius 2 is 1.59 bits per heavy atom. The molecule has 2 aromatic carbocycles. The molecule has 27 heavy (non-hydrogen) atoms. The molecule has 1 saturated heterocycles. The molecule has 0 saturated carbocycles. The lowest BCUT2D eigenvalue weighted by atomic mass is 10.2. The number of piperazine rings is 1. The fourth-order valence-electron chi connectivity index (χ4n) is 2.99. The number of amides is 1. The van der Waals surface area contributed by atoms with Crippen LogP contribution in [0, 0.1) is 5.82 Å². The summed E-state index contributed by atoms with van der Waals surface area (Å²) in [6, 6.07) is 14.9. The zero-order valence-corrected chi connectivity index (χ0v) is 15.7. The van der Waals surface area contributed by atoms with Crippen LogP contribution in [-0.4, -0.2) is 57.1 Å². The summed E-state index contributed by atoms with van der Waals surface area (Å²) in [5.41, 5.74) is 1.38. The van der Waals surface area contributed by atoms with Crippen molar-refractivity contribution in [3.8, 4) is 0 Å². The number of sulfonamides is 1. The van der Waals surface area contributed by atoms with Crippen molar-refractivity contribution < 1.29 is 17.6 Å². The third-order valence-electron chi connectivity index (χ3n) is 4.51. The third kappa shape index (κ3) is 5.05. The SMILES string of the molecule is O=C(NCCS(=O)(=O)N1CCN(c2ccc(F)cc2)CC1)c1ccccc1. The van der Waals surface area contributed by atoms with E-state index in [0.717, 1.165) is 5.69 Å². The van der Waals surface area contributed by atoms with Crippen LogP contribution in [0.25, 0.3) is 0 Å². The number of nitrogens with zero attached hydrogens (tertiary/aromatic N) is 2. The standard InChI is InChI=1S/C19H22FN3O3S/c20-17-6-8-18(9-7-17)22-11-13-23(14-12-22)27(25,26)15-10-21-19(24)16-4-2-1-3-5-16/h1-9H,10-15H2,(H,21,24). The van der Waals surface area contributed by atoms with Crippen LogP contribution in [0.1, 0.15) is 10.4 Å².